The molecule has 0 aromatic rings. The third-order valence-corrected chi connectivity index (χ3v) is 3.04. The molecule has 0 heterocycles. The van der Waals surface area contributed by atoms with Crippen LogP contribution in [-0.2, 0) is 19.2 Å². The van der Waals surface area contributed by atoms with E-state index >= 15 is 0 Å². The van der Waals surface area contributed by atoms with Gasteiger partial charge in [-0.25, -0.2) is 0 Å². The van der Waals surface area contributed by atoms with Crippen LogP contribution in [0.4, 0.5) is 0 Å². The first-order valence-electron chi connectivity index (χ1n) is 8.59. The van der Waals surface area contributed by atoms with Crippen LogP contribution in [0.15, 0.2) is 0 Å². The molecule has 0 radical (unpaired) electrons. The number of hydrogen-bond donors (Lipinski definition) is 4. The van der Waals surface area contributed by atoms with Gasteiger partial charge in [-0.3, -0.25) is 19.2 Å². The van der Waals surface area contributed by atoms with Crippen molar-refractivity contribution in [2.45, 2.75) is 54.0 Å². The molecule has 0 saturated heterocycles. The van der Waals surface area contributed by atoms with E-state index in [1.54, 1.807) is 13.8 Å². The fourth-order valence-electron chi connectivity index (χ4n) is 1.24. The van der Waals surface area contributed by atoms with Crippen molar-refractivity contribution >= 4 is 35.5 Å². The van der Waals surface area contributed by atoms with Gasteiger partial charge in [0.25, 0.3) is 0 Å². The lowest BCUT2D eigenvalue weighted by molar-refractivity contribution is -0.138. The normalized spacial score (nSPS) is 10.3. The Morgan fingerprint density at radius 2 is 1.46 bits per heavy atom. The van der Waals surface area contributed by atoms with Crippen molar-refractivity contribution in [2.24, 2.45) is 5.92 Å². The summed E-state index contributed by atoms with van der Waals surface area (Å²) in [6.45, 7) is 10.3. The first-order chi connectivity index (χ1) is 12.1. The molecule has 0 rings (SSSR count). The predicted molar refractivity (Wildman–Crippen MR) is 106 cm³/mol. The zero-order valence-corrected chi connectivity index (χ0v) is 17.8. The summed E-state index contributed by atoms with van der Waals surface area (Å²) in [5.41, 5.74) is 0. The summed E-state index contributed by atoms with van der Waals surface area (Å²) < 4.78 is 0. The topological polar surface area (TPSA) is 125 Å². The van der Waals surface area contributed by atoms with Crippen LogP contribution in [0.5, 0.6) is 0 Å². The van der Waals surface area contributed by atoms with E-state index < -0.39 is 30.4 Å². The number of rotatable bonds is 8. The number of carboxylic acid groups (broad SMARTS) is 1. The molecule has 0 aliphatic heterocycles. The number of carboxylic acids is 1. The zero-order chi connectivity index (χ0) is 21.1. The summed E-state index contributed by atoms with van der Waals surface area (Å²) in [5.74, 6) is -1.59. The van der Waals surface area contributed by atoms with Gasteiger partial charge in [0.05, 0.1) is 6.54 Å². The minimum Gasteiger partial charge on any atom is -0.480 e. The van der Waals surface area contributed by atoms with E-state index in [2.05, 4.69) is 43.0 Å². The highest BCUT2D eigenvalue weighted by Gasteiger charge is 2.24. The summed E-state index contributed by atoms with van der Waals surface area (Å²) in [7, 11) is 0. The predicted octanol–water partition coefficient (Wildman–Crippen LogP) is 1.25. The Balaban J connectivity index is -0.000000643. The molecular weight excluding hydrogens is 358 g/mol. The van der Waals surface area contributed by atoms with Crippen molar-refractivity contribution in [3.05, 3.63) is 0 Å². The van der Waals surface area contributed by atoms with Crippen LogP contribution in [0.1, 0.15) is 48.0 Å². The molecule has 0 spiro atoms. The molecule has 0 aromatic heterocycles. The largest absolute Gasteiger partial charge is 0.480 e. The van der Waals surface area contributed by atoms with Crippen molar-refractivity contribution in [1.82, 2.24) is 16.0 Å². The summed E-state index contributed by atoms with van der Waals surface area (Å²) in [5, 5.41) is 15.4. The van der Waals surface area contributed by atoms with Crippen LogP contribution in [0.3, 0.4) is 0 Å². The van der Waals surface area contributed by atoms with E-state index in [1.807, 2.05) is 11.8 Å². The van der Waals surface area contributed by atoms with Crippen LogP contribution < -0.4 is 16.0 Å². The molecule has 0 fully saturated rings. The van der Waals surface area contributed by atoms with Gasteiger partial charge in [0.15, 0.2) is 0 Å². The van der Waals surface area contributed by atoms with Crippen LogP contribution in [-0.4, -0.2) is 59.9 Å². The molecule has 1 atom stereocenters. The maximum absolute atomic E-state index is 11.7. The highest BCUT2D eigenvalue weighted by molar-refractivity contribution is 7.98. The Labute approximate surface area is 161 Å². The third kappa shape index (κ3) is 22.2. The number of hydrogen-bond acceptors (Lipinski definition) is 5. The number of thioether (sulfide) groups is 1. The highest BCUT2D eigenvalue weighted by atomic mass is 32.2. The van der Waals surface area contributed by atoms with Crippen LogP contribution >= 0.6 is 11.8 Å². The molecular formula is C17H35N3O5S. The molecule has 9 heteroatoms. The van der Waals surface area contributed by atoms with Gasteiger partial charge in [-0.1, -0.05) is 41.0 Å². The average Bonchev–Trinajstić information content (AvgIpc) is 2.56. The summed E-state index contributed by atoms with van der Waals surface area (Å²) >= 11 is 1.86. The van der Waals surface area contributed by atoms with Gasteiger partial charge in [-0.2, -0.15) is 11.8 Å². The third-order valence-electron chi connectivity index (χ3n) is 2.47. The number of carbonyl (C=O) groups excluding carboxylic acids is 3. The molecule has 0 bridgehead atoms. The fourth-order valence-corrected chi connectivity index (χ4v) is 1.24. The van der Waals surface area contributed by atoms with Crippen molar-refractivity contribution in [3.63, 3.8) is 0 Å². The second-order valence-electron chi connectivity index (χ2n) is 5.59. The van der Waals surface area contributed by atoms with Crippen molar-refractivity contribution in [3.8, 4) is 0 Å². The van der Waals surface area contributed by atoms with Crippen molar-refractivity contribution in [2.75, 3.05) is 25.1 Å². The van der Waals surface area contributed by atoms with Gasteiger partial charge >= 0.3 is 5.97 Å². The minimum atomic E-state index is -1.17. The minimum absolute atomic E-state index is 0.213. The van der Waals surface area contributed by atoms with Crippen LogP contribution in [0.2, 0.25) is 0 Å². The number of carbonyl (C=O) groups is 4. The van der Waals surface area contributed by atoms with E-state index in [-0.39, 0.29) is 18.4 Å². The molecule has 4 N–H and O–H groups in total. The Hall–Kier alpha value is -1.77. The number of nitrogens with one attached hydrogen (secondary N) is 3. The standard InChI is InChI=1S/C11H19N3O5.C3H8S.C3H8/c1-6(2)10(11(19)13-5-9(17)18)14-8(16)4-12-7(3)15;1-3-4-2;1-3-2/h6,10H,4-5H2,1-3H3,(H,12,15)(H,13,19)(H,14,16)(H,17,18);3H2,1-2H3;3H2,1-2H3. The summed E-state index contributed by atoms with van der Waals surface area (Å²) in [6.07, 6.45) is 3.35. The SMILES string of the molecule is CC(=O)NCC(=O)NC(C(=O)NCC(=O)O)C(C)C.CCC.CCSC. The van der Waals surface area contributed by atoms with Gasteiger partial charge in [0, 0.05) is 6.92 Å². The smallest absolute Gasteiger partial charge is 0.322 e. The first-order valence-corrected chi connectivity index (χ1v) is 9.98. The second-order valence-corrected chi connectivity index (χ2v) is 6.75. The second kappa shape index (κ2) is 19.6. The number of aliphatic carboxylic acids is 1. The van der Waals surface area contributed by atoms with Gasteiger partial charge in [-0.15, -0.1) is 0 Å². The number of amides is 3. The van der Waals surface area contributed by atoms with E-state index in [0.29, 0.717) is 0 Å². The highest BCUT2D eigenvalue weighted by Crippen LogP contribution is 2.01. The lowest BCUT2D eigenvalue weighted by Gasteiger charge is -2.21. The maximum atomic E-state index is 11.7. The van der Waals surface area contributed by atoms with Crippen molar-refractivity contribution in [1.29, 1.82) is 0 Å². The van der Waals surface area contributed by atoms with Gasteiger partial charge < -0.3 is 21.1 Å². The van der Waals surface area contributed by atoms with Gasteiger partial charge in [0.1, 0.15) is 12.6 Å². The van der Waals surface area contributed by atoms with Gasteiger partial charge in [-0.05, 0) is 17.9 Å². The molecule has 3 amide bonds. The Morgan fingerprint density at radius 1 is 1.00 bits per heavy atom. The lowest BCUT2D eigenvalue weighted by atomic mass is 10.0. The Bertz CT molecular complexity index is 415. The van der Waals surface area contributed by atoms with E-state index in [4.69, 9.17) is 5.11 Å². The summed E-state index contributed by atoms with van der Waals surface area (Å²) in [4.78, 5) is 44.2. The molecule has 0 aliphatic rings. The monoisotopic (exact) mass is 393 g/mol. The van der Waals surface area contributed by atoms with Crippen molar-refractivity contribution < 1.29 is 24.3 Å². The quantitative estimate of drug-likeness (QED) is 0.492. The van der Waals surface area contributed by atoms with E-state index in [9.17, 15) is 19.2 Å². The average molecular weight is 394 g/mol. The first kappa shape index (κ1) is 29.0. The van der Waals surface area contributed by atoms with Crippen LogP contribution in [0, 0.1) is 5.92 Å². The summed E-state index contributed by atoms with van der Waals surface area (Å²) in [6, 6.07) is -0.847. The fraction of sp³-hybridized carbons (Fsp3) is 0.765. The maximum Gasteiger partial charge on any atom is 0.322 e. The van der Waals surface area contributed by atoms with E-state index in [1.165, 1.54) is 19.1 Å². The lowest BCUT2D eigenvalue weighted by Crippen LogP contribution is -2.52. The molecule has 26 heavy (non-hydrogen) atoms. The molecule has 154 valence electrons. The molecule has 8 nitrogen and oxygen atoms in total. The molecule has 0 aliphatic carbocycles. The molecule has 0 saturated carbocycles. The Kier molecular flexibility index (Phi) is 21.8. The van der Waals surface area contributed by atoms with E-state index in [0.717, 1.165) is 0 Å². The van der Waals surface area contributed by atoms with Gasteiger partial charge in [0.2, 0.25) is 17.7 Å². The Morgan fingerprint density at radius 3 is 1.77 bits per heavy atom. The van der Waals surface area contributed by atoms with Crippen LogP contribution in [0.25, 0.3) is 0 Å². The zero-order valence-electron chi connectivity index (χ0n) is 17.0. The molecule has 1 unspecified atom stereocenters. The molecule has 0 aromatic carbocycles.